The van der Waals surface area contributed by atoms with Gasteiger partial charge in [-0.2, -0.15) is 5.26 Å². The molecule has 0 spiro atoms. The molecule has 0 bridgehead atoms. The van der Waals surface area contributed by atoms with E-state index in [1.807, 2.05) is 7.05 Å². The number of nitrogens with one attached hydrogen (secondary N) is 1. The van der Waals surface area contributed by atoms with Crippen molar-refractivity contribution in [3.63, 3.8) is 0 Å². The lowest BCUT2D eigenvalue weighted by Crippen LogP contribution is -2.37. The molecule has 1 saturated carbocycles. The van der Waals surface area contributed by atoms with Gasteiger partial charge in [0.1, 0.15) is 0 Å². The maximum atomic E-state index is 8.30. The molecule has 1 N–H and O–H groups in total. The summed E-state index contributed by atoms with van der Waals surface area (Å²) in [5.41, 5.74) is 0. The molecule has 0 saturated heterocycles. The average molecular weight is 182 g/mol. The Hall–Kier alpha value is -0.590. The second-order valence-electron chi connectivity index (χ2n) is 3.65. The summed E-state index contributed by atoms with van der Waals surface area (Å²) in [4.78, 5) is 0. The van der Waals surface area contributed by atoms with E-state index in [2.05, 4.69) is 11.4 Å². The second-order valence-corrected chi connectivity index (χ2v) is 3.65. The van der Waals surface area contributed by atoms with E-state index in [1.165, 1.54) is 12.8 Å². The summed E-state index contributed by atoms with van der Waals surface area (Å²) < 4.78 is 5.58. The smallest absolute Gasteiger partial charge is 0.0622 e. The zero-order valence-electron chi connectivity index (χ0n) is 8.25. The fraction of sp³-hybridized carbons (Fsp3) is 0.900. The predicted molar refractivity (Wildman–Crippen MR) is 51.2 cm³/mol. The summed E-state index contributed by atoms with van der Waals surface area (Å²) in [6.07, 6.45) is 4.34. The largest absolute Gasteiger partial charge is 0.378 e. The molecule has 0 aromatic carbocycles. The van der Waals surface area contributed by atoms with Crippen LogP contribution in [0.1, 0.15) is 25.7 Å². The molecule has 0 aliphatic heterocycles. The summed E-state index contributed by atoms with van der Waals surface area (Å²) >= 11 is 0. The SMILES string of the molecule is CNCC1CC(OCCCC#N)C1. The van der Waals surface area contributed by atoms with Crippen LogP contribution in [0.4, 0.5) is 0 Å². The van der Waals surface area contributed by atoms with E-state index in [-0.39, 0.29) is 0 Å². The Bertz CT molecular complexity index is 170. The number of hydrogen-bond acceptors (Lipinski definition) is 3. The molecule has 1 aliphatic carbocycles. The predicted octanol–water partition coefficient (Wildman–Crippen LogP) is 1.30. The first-order valence-corrected chi connectivity index (χ1v) is 5.00. The van der Waals surface area contributed by atoms with Crippen molar-refractivity contribution in [3.8, 4) is 6.07 Å². The Kier molecular flexibility index (Phi) is 4.81. The minimum absolute atomic E-state index is 0.469. The number of nitrogens with zero attached hydrogens (tertiary/aromatic N) is 1. The van der Waals surface area contributed by atoms with Gasteiger partial charge in [-0.15, -0.1) is 0 Å². The van der Waals surface area contributed by atoms with Gasteiger partial charge >= 0.3 is 0 Å². The van der Waals surface area contributed by atoms with Crippen molar-refractivity contribution in [2.75, 3.05) is 20.2 Å². The molecule has 74 valence electrons. The lowest BCUT2D eigenvalue weighted by atomic mass is 9.82. The van der Waals surface area contributed by atoms with Crippen LogP contribution in [0.3, 0.4) is 0 Å². The van der Waals surface area contributed by atoms with Crippen molar-refractivity contribution in [1.29, 1.82) is 5.26 Å². The lowest BCUT2D eigenvalue weighted by molar-refractivity contribution is -0.0298. The molecule has 3 heteroatoms. The maximum absolute atomic E-state index is 8.30. The Morgan fingerprint density at radius 1 is 1.54 bits per heavy atom. The number of nitriles is 1. The Balaban J connectivity index is 1.88. The molecular formula is C10H18N2O. The summed E-state index contributed by atoms with van der Waals surface area (Å²) in [5, 5.41) is 11.5. The van der Waals surface area contributed by atoms with Crippen LogP contribution >= 0.6 is 0 Å². The molecular weight excluding hydrogens is 164 g/mol. The van der Waals surface area contributed by atoms with Gasteiger partial charge in [0.25, 0.3) is 0 Å². The van der Waals surface area contributed by atoms with Gasteiger partial charge in [-0.1, -0.05) is 0 Å². The second kappa shape index (κ2) is 5.95. The number of unbranched alkanes of at least 4 members (excludes halogenated alkanes) is 1. The van der Waals surface area contributed by atoms with E-state index in [0.717, 1.165) is 25.5 Å². The minimum Gasteiger partial charge on any atom is -0.378 e. The molecule has 0 amide bonds. The van der Waals surface area contributed by atoms with Crippen LogP contribution in [0.15, 0.2) is 0 Å². The number of hydrogen-bond donors (Lipinski definition) is 1. The quantitative estimate of drug-likeness (QED) is 0.630. The Labute approximate surface area is 80.1 Å². The normalized spacial score (nSPS) is 26.5. The van der Waals surface area contributed by atoms with Crippen LogP contribution in [0.2, 0.25) is 0 Å². The van der Waals surface area contributed by atoms with Gasteiger partial charge in [0, 0.05) is 13.0 Å². The third-order valence-electron chi connectivity index (χ3n) is 2.47. The maximum Gasteiger partial charge on any atom is 0.0622 e. The van der Waals surface area contributed by atoms with E-state index in [1.54, 1.807) is 0 Å². The zero-order valence-corrected chi connectivity index (χ0v) is 8.25. The third-order valence-corrected chi connectivity index (χ3v) is 2.47. The van der Waals surface area contributed by atoms with Crippen LogP contribution in [0.25, 0.3) is 0 Å². The summed E-state index contributed by atoms with van der Waals surface area (Å²) in [6, 6.07) is 2.12. The molecule has 3 nitrogen and oxygen atoms in total. The summed E-state index contributed by atoms with van der Waals surface area (Å²) in [6.45, 7) is 1.86. The van der Waals surface area contributed by atoms with Gasteiger partial charge < -0.3 is 10.1 Å². The van der Waals surface area contributed by atoms with Crippen LogP contribution in [0.5, 0.6) is 0 Å². The van der Waals surface area contributed by atoms with E-state index < -0.39 is 0 Å². The van der Waals surface area contributed by atoms with Crippen LogP contribution in [-0.2, 0) is 4.74 Å². The van der Waals surface area contributed by atoms with Crippen molar-refractivity contribution in [2.24, 2.45) is 5.92 Å². The van der Waals surface area contributed by atoms with Crippen LogP contribution in [0, 0.1) is 17.2 Å². The van der Waals surface area contributed by atoms with Gasteiger partial charge in [0.2, 0.25) is 0 Å². The molecule has 1 fully saturated rings. The van der Waals surface area contributed by atoms with E-state index in [4.69, 9.17) is 10.00 Å². The molecule has 0 aromatic heterocycles. The van der Waals surface area contributed by atoms with Crippen molar-refractivity contribution in [3.05, 3.63) is 0 Å². The molecule has 0 heterocycles. The number of ether oxygens (including phenoxy) is 1. The first-order chi connectivity index (χ1) is 6.36. The fourth-order valence-electron chi connectivity index (χ4n) is 1.67. The Morgan fingerprint density at radius 3 is 2.92 bits per heavy atom. The monoisotopic (exact) mass is 182 g/mol. The molecule has 1 aliphatic rings. The molecule has 0 aromatic rings. The average Bonchev–Trinajstić information content (AvgIpc) is 2.07. The van der Waals surface area contributed by atoms with Crippen LogP contribution in [-0.4, -0.2) is 26.3 Å². The van der Waals surface area contributed by atoms with Crippen molar-refractivity contribution in [1.82, 2.24) is 5.32 Å². The van der Waals surface area contributed by atoms with E-state index in [9.17, 15) is 0 Å². The zero-order chi connectivity index (χ0) is 9.52. The standard InChI is InChI=1S/C10H18N2O/c1-12-8-9-6-10(7-9)13-5-3-2-4-11/h9-10,12H,2-3,5-8H2,1H3. The molecule has 1 rings (SSSR count). The highest BCUT2D eigenvalue weighted by Crippen LogP contribution is 2.29. The molecule has 0 atom stereocenters. The van der Waals surface area contributed by atoms with Gasteiger partial charge in [0.15, 0.2) is 0 Å². The fourth-order valence-corrected chi connectivity index (χ4v) is 1.67. The van der Waals surface area contributed by atoms with Crippen molar-refractivity contribution in [2.45, 2.75) is 31.8 Å². The van der Waals surface area contributed by atoms with Crippen molar-refractivity contribution < 1.29 is 4.74 Å². The van der Waals surface area contributed by atoms with Gasteiger partial charge in [-0.05, 0) is 38.8 Å². The highest BCUT2D eigenvalue weighted by Gasteiger charge is 2.28. The molecule has 13 heavy (non-hydrogen) atoms. The van der Waals surface area contributed by atoms with Gasteiger partial charge in [-0.3, -0.25) is 0 Å². The van der Waals surface area contributed by atoms with Crippen LogP contribution < -0.4 is 5.32 Å². The highest BCUT2D eigenvalue weighted by atomic mass is 16.5. The van der Waals surface area contributed by atoms with E-state index >= 15 is 0 Å². The molecule has 0 radical (unpaired) electrons. The lowest BCUT2D eigenvalue weighted by Gasteiger charge is -2.34. The Morgan fingerprint density at radius 2 is 2.31 bits per heavy atom. The van der Waals surface area contributed by atoms with Gasteiger partial charge in [-0.25, -0.2) is 0 Å². The first-order valence-electron chi connectivity index (χ1n) is 5.00. The highest BCUT2D eigenvalue weighted by molar-refractivity contribution is 4.81. The number of rotatable bonds is 6. The first kappa shape index (κ1) is 10.5. The minimum atomic E-state index is 0.469. The summed E-state index contributed by atoms with van der Waals surface area (Å²) in [7, 11) is 1.99. The van der Waals surface area contributed by atoms with Crippen molar-refractivity contribution >= 4 is 0 Å². The summed E-state index contributed by atoms with van der Waals surface area (Å²) in [5.74, 6) is 0.811. The van der Waals surface area contributed by atoms with E-state index in [0.29, 0.717) is 12.5 Å². The topological polar surface area (TPSA) is 45.0 Å². The van der Waals surface area contributed by atoms with Gasteiger partial charge in [0.05, 0.1) is 12.2 Å². The third kappa shape index (κ3) is 3.75. The molecule has 0 unspecified atom stereocenters.